The molecule has 29 heavy (non-hydrogen) atoms. The number of aromatic nitrogens is 2. The van der Waals surface area contributed by atoms with Crippen LogP contribution in [0.4, 0.5) is 27.5 Å². The fourth-order valence-electron chi connectivity index (χ4n) is 2.35. The van der Waals surface area contributed by atoms with Gasteiger partial charge in [-0.3, -0.25) is 0 Å². The first-order chi connectivity index (χ1) is 13.5. The summed E-state index contributed by atoms with van der Waals surface area (Å²) < 4.78 is 60.1. The van der Waals surface area contributed by atoms with E-state index in [0.717, 1.165) is 18.7 Å². The van der Waals surface area contributed by atoms with Gasteiger partial charge in [0.1, 0.15) is 0 Å². The van der Waals surface area contributed by atoms with Gasteiger partial charge in [-0.25, -0.2) is 26.2 Å². The summed E-state index contributed by atoms with van der Waals surface area (Å²) >= 11 is 0. The summed E-state index contributed by atoms with van der Waals surface area (Å²) in [7, 11) is -6.64. The van der Waals surface area contributed by atoms with Gasteiger partial charge < -0.3 is 10.6 Å². The van der Waals surface area contributed by atoms with Crippen LogP contribution in [0.15, 0.2) is 64.5 Å². The Balaban J connectivity index is 1.79. The molecule has 0 aliphatic carbocycles. The van der Waals surface area contributed by atoms with Crippen molar-refractivity contribution >= 4 is 42.8 Å². The van der Waals surface area contributed by atoms with Gasteiger partial charge in [0.2, 0.25) is 5.95 Å². The van der Waals surface area contributed by atoms with Crippen LogP contribution < -0.4 is 10.6 Å². The van der Waals surface area contributed by atoms with Gasteiger partial charge in [0.05, 0.1) is 16.0 Å². The largest absolute Gasteiger partial charge is 0.338 e. The van der Waals surface area contributed by atoms with Crippen LogP contribution in [0.3, 0.4) is 0 Å². The van der Waals surface area contributed by atoms with Crippen molar-refractivity contribution in [2.45, 2.75) is 9.79 Å². The van der Waals surface area contributed by atoms with E-state index in [4.69, 9.17) is 0 Å². The molecule has 0 aliphatic heterocycles. The molecule has 0 radical (unpaired) electrons. The molecule has 0 amide bonds. The van der Waals surface area contributed by atoms with Gasteiger partial charge in [0, 0.05) is 23.9 Å². The molecule has 0 fully saturated rings. The third kappa shape index (κ3) is 5.27. The molecule has 2 aromatic carbocycles. The van der Waals surface area contributed by atoms with Crippen LogP contribution in [0, 0.1) is 5.82 Å². The van der Waals surface area contributed by atoms with Crippen LogP contribution in [-0.4, -0.2) is 39.3 Å². The summed E-state index contributed by atoms with van der Waals surface area (Å²) in [4.78, 5) is 8.23. The first-order valence-electron chi connectivity index (χ1n) is 8.19. The Morgan fingerprint density at radius 2 is 1.21 bits per heavy atom. The molecule has 0 saturated carbocycles. The van der Waals surface area contributed by atoms with Gasteiger partial charge in [-0.05, 0) is 48.5 Å². The van der Waals surface area contributed by atoms with Gasteiger partial charge >= 0.3 is 0 Å². The molecule has 3 aromatic rings. The van der Waals surface area contributed by atoms with E-state index in [-0.39, 0.29) is 21.6 Å². The number of rotatable bonds is 6. The first kappa shape index (κ1) is 20.7. The van der Waals surface area contributed by atoms with Crippen molar-refractivity contribution in [3.63, 3.8) is 0 Å². The lowest BCUT2D eigenvalue weighted by molar-refractivity contribution is 0.600. The summed E-state index contributed by atoms with van der Waals surface area (Å²) in [5, 5.41) is 5.63. The molecule has 0 spiro atoms. The number of anilines is 4. The highest BCUT2D eigenvalue weighted by Crippen LogP contribution is 2.22. The zero-order valence-corrected chi connectivity index (χ0v) is 17.1. The zero-order chi connectivity index (χ0) is 21.2. The highest BCUT2D eigenvalue weighted by atomic mass is 32.2. The van der Waals surface area contributed by atoms with E-state index >= 15 is 0 Å². The van der Waals surface area contributed by atoms with E-state index in [2.05, 4.69) is 20.6 Å². The van der Waals surface area contributed by atoms with Gasteiger partial charge in [0.25, 0.3) is 0 Å². The lowest BCUT2D eigenvalue weighted by atomic mass is 10.3. The number of nitrogens with one attached hydrogen (secondary N) is 2. The van der Waals surface area contributed by atoms with E-state index in [0.29, 0.717) is 11.4 Å². The standard InChI is InChI=1S/C18H17FN4O4S2/c1-28(24,25)14-7-3-12(4-8-14)21-17-16(19)11-20-18(23-17)22-13-5-9-15(10-6-13)29(2,26)27/h3-11H,1-2H3,(H2,20,21,22,23). The summed E-state index contributed by atoms with van der Waals surface area (Å²) in [6.45, 7) is 0. The lowest BCUT2D eigenvalue weighted by Gasteiger charge is -2.10. The van der Waals surface area contributed by atoms with Crippen LogP contribution in [0.25, 0.3) is 0 Å². The molecule has 2 N–H and O–H groups in total. The molecule has 0 atom stereocenters. The number of hydrogen-bond donors (Lipinski definition) is 2. The molecule has 1 heterocycles. The maximum atomic E-state index is 14.1. The monoisotopic (exact) mass is 436 g/mol. The second-order valence-electron chi connectivity index (χ2n) is 6.23. The minimum absolute atomic E-state index is 0.0914. The van der Waals surface area contributed by atoms with Crippen molar-refractivity contribution in [2.24, 2.45) is 0 Å². The molecule has 3 rings (SSSR count). The quantitative estimate of drug-likeness (QED) is 0.606. The molecular formula is C18H17FN4O4S2. The van der Waals surface area contributed by atoms with Crippen LogP contribution in [0.5, 0.6) is 0 Å². The van der Waals surface area contributed by atoms with E-state index in [1.54, 1.807) is 12.1 Å². The SMILES string of the molecule is CS(=O)(=O)c1ccc(Nc2ncc(F)c(Nc3ccc(S(C)(=O)=O)cc3)n2)cc1. The van der Waals surface area contributed by atoms with Crippen molar-refractivity contribution in [2.75, 3.05) is 23.1 Å². The highest BCUT2D eigenvalue weighted by molar-refractivity contribution is 7.91. The fourth-order valence-corrected chi connectivity index (χ4v) is 3.61. The highest BCUT2D eigenvalue weighted by Gasteiger charge is 2.11. The van der Waals surface area contributed by atoms with Crippen molar-refractivity contribution in [1.82, 2.24) is 9.97 Å². The van der Waals surface area contributed by atoms with Gasteiger partial charge in [-0.15, -0.1) is 0 Å². The third-order valence-electron chi connectivity index (χ3n) is 3.83. The molecule has 1 aromatic heterocycles. The Morgan fingerprint density at radius 3 is 1.66 bits per heavy atom. The molecule has 0 unspecified atom stereocenters. The predicted octanol–water partition coefficient (Wildman–Crippen LogP) is 2.91. The maximum Gasteiger partial charge on any atom is 0.229 e. The smallest absolute Gasteiger partial charge is 0.229 e. The Bertz CT molecular complexity index is 1240. The molecule has 0 aliphatic rings. The van der Waals surface area contributed by atoms with Gasteiger partial charge in [0.15, 0.2) is 31.3 Å². The normalized spacial score (nSPS) is 11.8. The Hall–Kier alpha value is -3.05. The number of halogens is 1. The van der Waals surface area contributed by atoms with Gasteiger partial charge in [-0.1, -0.05) is 0 Å². The Kier molecular flexibility index (Phi) is 5.53. The molecular weight excluding hydrogens is 419 g/mol. The van der Waals surface area contributed by atoms with Crippen molar-refractivity contribution < 1.29 is 21.2 Å². The molecule has 8 nitrogen and oxygen atoms in total. The number of sulfone groups is 2. The number of hydrogen-bond acceptors (Lipinski definition) is 8. The molecule has 0 saturated heterocycles. The van der Waals surface area contributed by atoms with E-state index in [1.807, 2.05) is 0 Å². The van der Waals surface area contributed by atoms with Crippen LogP contribution in [-0.2, 0) is 19.7 Å². The Labute approximate surface area is 167 Å². The van der Waals surface area contributed by atoms with Crippen LogP contribution >= 0.6 is 0 Å². The second kappa shape index (κ2) is 7.76. The number of benzene rings is 2. The number of nitrogens with zero attached hydrogens (tertiary/aromatic N) is 2. The molecule has 152 valence electrons. The minimum atomic E-state index is -3.33. The van der Waals surface area contributed by atoms with Crippen molar-refractivity contribution in [3.05, 3.63) is 60.5 Å². The zero-order valence-electron chi connectivity index (χ0n) is 15.4. The van der Waals surface area contributed by atoms with Gasteiger partial charge in [-0.2, -0.15) is 4.98 Å². The summed E-state index contributed by atoms with van der Waals surface area (Å²) in [6.07, 6.45) is 3.19. The average Bonchev–Trinajstić information content (AvgIpc) is 2.64. The first-order valence-corrected chi connectivity index (χ1v) is 12.0. The molecule has 0 bridgehead atoms. The lowest BCUT2D eigenvalue weighted by Crippen LogP contribution is -2.04. The van der Waals surface area contributed by atoms with E-state index in [1.165, 1.54) is 36.4 Å². The van der Waals surface area contributed by atoms with E-state index < -0.39 is 25.5 Å². The Morgan fingerprint density at radius 1 is 0.759 bits per heavy atom. The van der Waals surface area contributed by atoms with E-state index in [9.17, 15) is 21.2 Å². The minimum Gasteiger partial charge on any atom is -0.338 e. The summed E-state index contributed by atoms with van der Waals surface area (Å²) in [5.41, 5.74) is 0.964. The molecule has 11 heteroatoms. The predicted molar refractivity (Wildman–Crippen MR) is 108 cm³/mol. The van der Waals surface area contributed by atoms with Crippen LogP contribution in [0.2, 0.25) is 0 Å². The van der Waals surface area contributed by atoms with Crippen LogP contribution in [0.1, 0.15) is 0 Å². The topological polar surface area (TPSA) is 118 Å². The maximum absolute atomic E-state index is 14.1. The van der Waals surface area contributed by atoms with Crippen molar-refractivity contribution in [3.8, 4) is 0 Å². The van der Waals surface area contributed by atoms with Crippen molar-refractivity contribution in [1.29, 1.82) is 0 Å². The second-order valence-corrected chi connectivity index (χ2v) is 10.3. The summed E-state index contributed by atoms with van der Waals surface area (Å²) in [5.74, 6) is -0.716. The summed E-state index contributed by atoms with van der Waals surface area (Å²) in [6, 6.07) is 11.7. The fraction of sp³-hybridized carbons (Fsp3) is 0.111. The third-order valence-corrected chi connectivity index (χ3v) is 6.08. The average molecular weight is 436 g/mol.